The van der Waals surface area contributed by atoms with Crippen LogP contribution in [0.4, 0.5) is 0 Å². The summed E-state index contributed by atoms with van der Waals surface area (Å²) in [6.07, 6.45) is 3.15. The fraction of sp³-hybridized carbons (Fsp3) is 0.273. The number of thioether (sulfide) groups is 1. The predicted octanol–water partition coefficient (Wildman–Crippen LogP) is 3.58. The minimum Gasteiger partial charge on any atom is -0.130 e. The maximum atomic E-state index is 3.96. The predicted molar refractivity (Wildman–Crippen MR) is 58.4 cm³/mol. The number of hydrogen-bond donors (Lipinski definition) is 0. The van der Waals surface area contributed by atoms with E-state index in [1.807, 2.05) is 0 Å². The molecule has 1 aromatic carbocycles. The largest absolute Gasteiger partial charge is 0.130 e. The molecule has 0 saturated heterocycles. The van der Waals surface area contributed by atoms with Crippen molar-refractivity contribution in [2.45, 2.75) is 13.3 Å². The van der Waals surface area contributed by atoms with E-state index in [9.17, 15) is 0 Å². The van der Waals surface area contributed by atoms with Crippen LogP contribution in [0, 0.1) is 0 Å². The molecule has 0 saturated carbocycles. The summed E-state index contributed by atoms with van der Waals surface area (Å²) in [5, 5.41) is 0. The Bertz CT molecular complexity index is 259. The van der Waals surface area contributed by atoms with Gasteiger partial charge in [-0.25, -0.2) is 0 Å². The van der Waals surface area contributed by atoms with E-state index in [1.165, 1.54) is 11.1 Å². The van der Waals surface area contributed by atoms with Gasteiger partial charge in [0.1, 0.15) is 0 Å². The molecule has 0 aliphatic heterocycles. The number of hydrogen-bond acceptors (Lipinski definition) is 1. The lowest BCUT2D eigenvalue weighted by atomic mass is 10.1. The molecule has 0 spiro atoms. The van der Waals surface area contributed by atoms with E-state index in [1.54, 1.807) is 11.8 Å². The zero-order chi connectivity index (χ0) is 8.97. The highest BCUT2D eigenvalue weighted by Crippen LogP contribution is 2.22. The second kappa shape index (κ2) is 4.36. The molecule has 0 nitrogen and oxygen atoms in total. The van der Waals surface area contributed by atoms with Gasteiger partial charge in [0.2, 0.25) is 0 Å². The van der Waals surface area contributed by atoms with E-state index in [4.69, 9.17) is 0 Å². The molecule has 0 aromatic heterocycles. The number of benzene rings is 1. The Kier molecular flexibility index (Phi) is 3.42. The minimum atomic E-state index is 1.10. The Morgan fingerprint density at radius 2 is 1.92 bits per heavy atom. The summed E-state index contributed by atoms with van der Waals surface area (Å²) in [7, 11) is 0. The van der Waals surface area contributed by atoms with Crippen molar-refractivity contribution < 1.29 is 0 Å². The van der Waals surface area contributed by atoms with Gasteiger partial charge in [-0.05, 0) is 23.8 Å². The second-order valence-corrected chi connectivity index (χ2v) is 3.58. The lowest BCUT2D eigenvalue weighted by molar-refractivity contribution is 1.14. The van der Waals surface area contributed by atoms with Gasteiger partial charge in [0.15, 0.2) is 0 Å². The minimum absolute atomic E-state index is 1.10. The molecule has 0 bridgehead atoms. The first-order chi connectivity index (χ1) is 5.77. The van der Waals surface area contributed by atoms with Crippen LogP contribution in [0.2, 0.25) is 0 Å². The topological polar surface area (TPSA) is 0 Å². The molecule has 0 aliphatic rings. The number of rotatable bonds is 3. The first-order valence-corrected chi connectivity index (χ1v) is 5.32. The second-order valence-electron chi connectivity index (χ2n) is 2.68. The SMILES string of the molecule is C=C(SC)c1ccc(CC)cc1. The molecule has 12 heavy (non-hydrogen) atoms. The lowest BCUT2D eigenvalue weighted by Gasteiger charge is -2.02. The Hall–Kier alpha value is -0.690. The van der Waals surface area contributed by atoms with Gasteiger partial charge in [-0.15, -0.1) is 11.8 Å². The maximum absolute atomic E-state index is 3.96. The van der Waals surface area contributed by atoms with Crippen LogP contribution in [-0.4, -0.2) is 6.26 Å². The van der Waals surface area contributed by atoms with E-state index in [0.717, 1.165) is 11.3 Å². The van der Waals surface area contributed by atoms with E-state index in [-0.39, 0.29) is 0 Å². The molecule has 0 radical (unpaired) electrons. The molecule has 0 heterocycles. The van der Waals surface area contributed by atoms with Gasteiger partial charge in [-0.1, -0.05) is 37.8 Å². The Morgan fingerprint density at radius 3 is 2.33 bits per heavy atom. The van der Waals surface area contributed by atoms with Crippen LogP contribution in [0.5, 0.6) is 0 Å². The Morgan fingerprint density at radius 1 is 1.33 bits per heavy atom. The smallest absolute Gasteiger partial charge is 0.00697 e. The molecule has 0 fully saturated rings. The van der Waals surface area contributed by atoms with Crippen LogP contribution in [0.15, 0.2) is 30.8 Å². The normalized spacial score (nSPS) is 9.83. The van der Waals surface area contributed by atoms with Crippen molar-refractivity contribution in [1.82, 2.24) is 0 Å². The van der Waals surface area contributed by atoms with Crippen LogP contribution in [-0.2, 0) is 6.42 Å². The fourth-order valence-electron chi connectivity index (χ4n) is 1.04. The summed E-state index contributed by atoms with van der Waals surface area (Å²) >= 11 is 1.70. The highest BCUT2D eigenvalue weighted by Gasteiger charge is 1.95. The average Bonchev–Trinajstić information content (AvgIpc) is 2.17. The van der Waals surface area contributed by atoms with Gasteiger partial charge in [0.05, 0.1) is 0 Å². The highest BCUT2D eigenvalue weighted by atomic mass is 32.2. The number of aryl methyl sites for hydroxylation is 1. The lowest BCUT2D eigenvalue weighted by Crippen LogP contribution is -1.81. The van der Waals surface area contributed by atoms with Crippen molar-refractivity contribution in [3.63, 3.8) is 0 Å². The van der Waals surface area contributed by atoms with Crippen molar-refractivity contribution in [3.05, 3.63) is 42.0 Å². The maximum Gasteiger partial charge on any atom is 0.00697 e. The molecule has 0 atom stereocenters. The van der Waals surface area contributed by atoms with Crippen molar-refractivity contribution in [2.24, 2.45) is 0 Å². The first-order valence-electron chi connectivity index (χ1n) is 4.10. The fourth-order valence-corrected chi connectivity index (χ4v) is 1.42. The van der Waals surface area contributed by atoms with Crippen LogP contribution in [0.25, 0.3) is 4.91 Å². The van der Waals surface area contributed by atoms with Crippen LogP contribution in [0.3, 0.4) is 0 Å². The van der Waals surface area contributed by atoms with E-state index in [0.29, 0.717) is 0 Å². The first kappa shape index (κ1) is 9.40. The monoisotopic (exact) mass is 178 g/mol. The molecule has 1 rings (SSSR count). The Balaban J connectivity index is 2.84. The van der Waals surface area contributed by atoms with Gasteiger partial charge in [-0.3, -0.25) is 0 Å². The van der Waals surface area contributed by atoms with Crippen LogP contribution in [0.1, 0.15) is 18.1 Å². The molecular formula is C11H14S. The third-order valence-electron chi connectivity index (χ3n) is 1.93. The highest BCUT2D eigenvalue weighted by molar-refractivity contribution is 8.07. The zero-order valence-electron chi connectivity index (χ0n) is 7.63. The molecule has 0 N–H and O–H groups in total. The molecule has 64 valence electrons. The van der Waals surface area contributed by atoms with Crippen molar-refractivity contribution >= 4 is 16.7 Å². The summed E-state index contributed by atoms with van der Waals surface area (Å²) in [5.74, 6) is 0. The summed E-state index contributed by atoms with van der Waals surface area (Å²) < 4.78 is 0. The van der Waals surface area contributed by atoms with Gasteiger partial charge < -0.3 is 0 Å². The summed E-state index contributed by atoms with van der Waals surface area (Å²) in [5.41, 5.74) is 2.62. The third kappa shape index (κ3) is 2.15. The van der Waals surface area contributed by atoms with Crippen LogP contribution >= 0.6 is 11.8 Å². The molecule has 1 aromatic rings. The standard InChI is InChI=1S/C11H14S/c1-4-10-5-7-11(8-6-10)9(2)12-3/h5-8H,2,4H2,1,3H3. The van der Waals surface area contributed by atoms with Crippen molar-refractivity contribution in [3.8, 4) is 0 Å². The Labute approximate surface area is 78.7 Å². The summed E-state index contributed by atoms with van der Waals surface area (Å²) in [6.45, 7) is 6.13. The third-order valence-corrected chi connectivity index (χ3v) is 2.66. The van der Waals surface area contributed by atoms with Gasteiger partial charge in [-0.2, -0.15) is 0 Å². The van der Waals surface area contributed by atoms with Crippen LogP contribution < -0.4 is 0 Å². The molecule has 1 heteroatoms. The summed E-state index contributed by atoms with van der Waals surface area (Å²) in [4.78, 5) is 1.14. The van der Waals surface area contributed by atoms with Crippen molar-refractivity contribution in [2.75, 3.05) is 6.26 Å². The van der Waals surface area contributed by atoms with E-state index >= 15 is 0 Å². The average molecular weight is 178 g/mol. The molecule has 0 aliphatic carbocycles. The zero-order valence-corrected chi connectivity index (χ0v) is 8.45. The van der Waals surface area contributed by atoms with Gasteiger partial charge >= 0.3 is 0 Å². The molecule has 0 amide bonds. The molecule has 0 unspecified atom stereocenters. The van der Waals surface area contributed by atoms with Crippen molar-refractivity contribution in [1.29, 1.82) is 0 Å². The van der Waals surface area contributed by atoms with Gasteiger partial charge in [0, 0.05) is 4.91 Å². The van der Waals surface area contributed by atoms with E-state index in [2.05, 4.69) is 44.0 Å². The molecular weight excluding hydrogens is 164 g/mol. The van der Waals surface area contributed by atoms with Gasteiger partial charge in [0.25, 0.3) is 0 Å². The summed E-state index contributed by atoms with van der Waals surface area (Å²) in [6, 6.07) is 8.60. The van der Waals surface area contributed by atoms with E-state index < -0.39 is 0 Å². The quantitative estimate of drug-likeness (QED) is 0.681.